The minimum atomic E-state index is -0.706. The zero-order chi connectivity index (χ0) is 14.0. The van der Waals surface area contributed by atoms with Gasteiger partial charge in [-0.1, -0.05) is 33.1 Å². The van der Waals surface area contributed by atoms with Crippen LogP contribution in [0.5, 0.6) is 0 Å². The van der Waals surface area contributed by atoms with Gasteiger partial charge < -0.3 is 10.2 Å². The maximum absolute atomic E-state index is 12.6. The number of piperazine rings is 1. The molecule has 2 fully saturated rings. The Morgan fingerprint density at radius 2 is 2.00 bits per heavy atom. The van der Waals surface area contributed by atoms with Crippen LogP contribution in [0.25, 0.3) is 0 Å². The van der Waals surface area contributed by atoms with Crippen LogP contribution >= 0.6 is 0 Å². The lowest BCUT2D eigenvalue weighted by Crippen LogP contribution is -2.69. The first-order valence-corrected chi connectivity index (χ1v) is 7.65. The molecule has 1 aliphatic carbocycles. The minimum Gasteiger partial charge on any atom is -0.340 e. The van der Waals surface area contributed by atoms with Crippen molar-refractivity contribution in [2.24, 2.45) is 5.92 Å². The third-order valence-electron chi connectivity index (χ3n) is 4.91. The van der Waals surface area contributed by atoms with Crippen LogP contribution in [0.1, 0.15) is 59.3 Å². The molecule has 108 valence electrons. The van der Waals surface area contributed by atoms with Gasteiger partial charge in [-0.15, -0.1) is 0 Å². The number of nitrogens with one attached hydrogen (secondary N) is 1. The number of carbonyl (C=O) groups is 2. The van der Waals surface area contributed by atoms with Crippen LogP contribution < -0.4 is 5.32 Å². The standard InChI is InChI=1S/C15H26N2O2/c1-4-12-13(18)16-15(3,5-2)14(19)17(12)10-9-11-7-6-8-11/h11-12H,4-10H2,1-3H3,(H,16,18). The van der Waals surface area contributed by atoms with Crippen LogP contribution in [0.3, 0.4) is 0 Å². The quantitative estimate of drug-likeness (QED) is 0.828. The fourth-order valence-corrected chi connectivity index (χ4v) is 3.01. The van der Waals surface area contributed by atoms with Crippen LogP contribution in [0, 0.1) is 5.92 Å². The van der Waals surface area contributed by atoms with E-state index in [4.69, 9.17) is 0 Å². The zero-order valence-corrected chi connectivity index (χ0v) is 12.4. The molecule has 2 rings (SSSR count). The van der Waals surface area contributed by atoms with Gasteiger partial charge in [0.15, 0.2) is 0 Å². The number of rotatable bonds is 5. The second kappa shape index (κ2) is 5.51. The first-order valence-electron chi connectivity index (χ1n) is 7.65. The highest BCUT2D eigenvalue weighted by Crippen LogP contribution is 2.31. The topological polar surface area (TPSA) is 49.4 Å². The van der Waals surface area contributed by atoms with Gasteiger partial charge in [-0.05, 0) is 32.1 Å². The molecule has 1 aliphatic heterocycles. The van der Waals surface area contributed by atoms with Crippen molar-refractivity contribution in [3.05, 3.63) is 0 Å². The molecule has 0 aromatic carbocycles. The molecule has 0 radical (unpaired) electrons. The molecule has 4 nitrogen and oxygen atoms in total. The van der Waals surface area contributed by atoms with Gasteiger partial charge in [-0.25, -0.2) is 0 Å². The smallest absolute Gasteiger partial charge is 0.248 e. The fourth-order valence-electron chi connectivity index (χ4n) is 3.01. The molecule has 2 aliphatic rings. The molecule has 0 spiro atoms. The van der Waals surface area contributed by atoms with Crippen LogP contribution in [0.2, 0.25) is 0 Å². The maximum Gasteiger partial charge on any atom is 0.248 e. The Kier molecular flexibility index (Phi) is 4.16. The van der Waals surface area contributed by atoms with Crippen LogP contribution in [-0.2, 0) is 9.59 Å². The van der Waals surface area contributed by atoms with E-state index in [2.05, 4.69) is 5.32 Å². The highest BCUT2D eigenvalue weighted by atomic mass is 16.2. The molecule has 4 heteroatoms. The highest BCUT2D eigenvalue weighted by Gasteiger charge is 2.46. The summed E-state index contributed by atoms with van der Waals surface area (Å²) in [5.74, 6) is 0.879. The van der Waals surface area contributed by atoms with Gasteiger partial charge >= 0.3 is 0 Å². The molecule has 2 atom stereocenters. The van der Waals surface area contributed by atoms with Crippen molar-refractivity contribution in [2.45, 2.75) is 70.9 Å². The first kappa shape index (κ1) is 14.4. The van der Waals surface area contributed by atoms with Gasteiger partial charge in [-0.3, -0.25) is 9.59 Å². The summed E-state index contributed by atoms with van der Waals surface area (Å²) in [6, 6.07) is -0.271. The predicted molar refractivity (Wildman–Crippen MR) is 74.6 cm³/mol. The molecule has 0 aromatic rings. The van der Waals surface area contributed by atoms with E-state index < -0.39 is 5.54 Å². The van der Waals surface area contributed by atoms with E-state index in [1.165, 1.54) is 19.3 Å². The summed E-state index contributed by atoms with van der Waals surface area (Å²) in [5.41, 5.74) is -0.706. The monoisotopic (exact) mass is 266 g/mol. The summed E-state index contributed by atoms with van der Waals surface area (Å²) < 4.78 is 0. The second-order valence-electron chi connectivity index (χ2n) is 6.18. The van der Waals surface area contributed by atoms with Gasteiger partial charge in [0, 0.05) is 6.54 Å². The lowest BCUT2D eigenvalue weighted by atomic mass is 9.82. The van der Waals surface area contributed by atoms with Crippen molar-refractivity contribution in [1.82, 2.24) is 10.2 Å². The van der Waals surface area contributed by atoms with Gasteiger partial charge in [-0.2, -0.15) is 0 Å². The molecule has 0 aromatic heterocycles. The molecule has 1 N–H and O–H groups in total. The van der Waals surface area contributed by atoms with E-state index in [0.29, 0.717) is 12.8 Å². The molecule has 0 bridgehead atoms. The lowest BCUT2D eigenvalue weighted by Gasteiger charge is -2.44. The Morgan fingerprint density at radius 1 is 1.32 bits per heavy atom. The number of hydrogen-bond donors (Lipinski definition) is 1. The zero-order valence-electron chi connectivity index (χ0n) is 12.4. The summed E-state index contributed by atoms with van der Waals surface area (Å²) in [4.78, 5) is 26.6. The number of carbonyl (C=O) groups excluding carboxylic acids is 2. The maximum atomic E-state index is 12.6. The Morgan fingerprint density at radius 3 is 2.47 bits per heavy atom. The minimum absolute atomic E-state index is 0.0139. The Balaban J connectivity index is 2.08. The third-order valence-corrected chi connectivity index (χ3v) is 4.91. The molecule has 2 amide bonds. The highest BCUT2D eigenvalue weighted by molar-refractivity contribution is 5.99. The molecular formula is C15H26N2O2. The van der Waals surface area contributed by atoms with Crippen molar-refractivity contribution < 1.29 is 9.59 Å². The van der Waals surface area contributed by atoms with E-state index in [9.17, 15) is 9.59 Å². The normalized spacial score (nSPS) is 32.2. The lowest BCUT2D eigenvalue weighted by molar-refractivity contribution is -0.154. The summed E-state index contributed by atoms with van der Waals surface area (Å²) in [7, 11) is 0. The van der Waals surface area contributed by atoms with E-state index in [-0.39, 0.29) is 17.9 Å². The summed E-state index contributed by atoms with van der Waals surface area (Å²) in [6.07, 6.45) is 6.29. The predicted octanol–water partition coefficient (Wildman–Crippen LogP) is 2.08. The van der Waals surface area contributed by atoms with Crippen LogP contribution in [0.15, 0.2) is 0 Å². The Labute approximate surface area is 115 Å². The molecule has 1 saturated carbocycles. The van der Waals surface area contributed by atoms with Crippen molar-refractivity contribution >= 4 is 11.8 Å². The van der Waals surface area contributed by atoms with Crippen LogP contribution in [0.4, 0.5) is 0 Å². The average Bonchev–Trinajstić information content (AvgIpc) is 2.33. The van der Waals surface area contributed by atoms with E-state index in [0.717, 1.165) is 18.9 Å². The first-order chi connectivity index (χ1) is 9.01. The SMILES string of the molecule is CCC1C(=O)NC(C)(CC)C(=O)N1CCC1CCC1. The summed E-state index contributed by atoms with van der Waals surface area (Å²) in [5, 5.41) is 2.91. The number of nitrogens with zero attached hydrogens (tertiary/aromatic N) is 1. The van der Waals surface area contributed by atoms with Crippen molar-refractivity contribution in [3.8, 4) is 0 Å². The van der Waals surface area contributed by atoms with Crippen LogP contribution in [-0.4, -0.2) is 34.8 Å². The van der Waals surface area contributed by atoms with Crippen molar-refractivity contribution in [3.63, 3.8) is 0 Å². The largest absolute Gasteiger partial charge is 0.340 e. The Bertz CT molecular complexity index is 365. The van der Waals surface area contributed by atoms with Gasteiger partial charge in [0.1, 0.15) is 11.6 Å². The summed E-state index contributed by atoms with van der Waals surface area (Å²) >= 11 is 0. The molecule has 1 heterocycles. The van der Waals surface area contributed by atoms with E-state index in [1.54, 1.807) is 0 Å². The fraction of sp³-hybridized carbons (Fsp3) is 0.867. The van der Waals surface area contributed by atoms with Gasteiger partial charge in [0.25, 0.3) is 0 Å². The number of amides is 2. The number of hydrogen-bond acceptors (Lipinski definition) is 2. The Hall–Kier alpha value is -1.06. The average molecular weight is 266 g/mol. The van der Waals surface area contributed by atoms with Gasteiger partial charge in [0.2, 0.25) is 11.8 Å². The van der Waals surface area contributed by atoms with E-state index in [1.807, 2.05) is 25.7 Å². The third kappa shape index (κ3) is 2.63. The molecule has 19 heavy (non-hydrogen) atoms. The summed E-state index contributed by atoms with van der Waals surface area (Å²) in [6.45, 7) is 6.51. The molecular weight excluding hydrogens is 240 g/mol. The second-order valence-corrected chi connectivity index (χ2v) is 6.18. The molecule has 1 saturated heterocycles. The van der Waals surface area contributed by atoms with Crippen molar-refractivity contribution in [2.75, 3.05) is 6.54 Å². The van der Waals surface area contributed by atoms with Gasteiger partial charge in [0.05, 0.1) is 0 Å². The molecule has 2 unspecified atom stereocenters. The van der Waals surface area contributed by atoms with E-state index >= 15 is 0 Å². The van der Waals surface area contributed by atoms with Crippen molar-refractivity contribution in [1.29, 1.82) is 0 Å².